The van der Waals surface area contributed by atoms with Crippen LogP contribution in [0.2, 0.25) is 0 Å². The predicted molar refractivity (Wildman–Crippen MR) is 81.4 cm³/mol. The Kier molecular flexibility index (Phi) is 4.13. The molecule has 0 unspecified atom stereocenters. The largest absolute Gasteiger partial charge is 0.416 e. The molecule has 3 rings (SSSR count). The molecule has 1 fully saturated rings. The lowest BCUT2D eigenvalue weighted by Crippen LogP contribution is -2.42. The lowest BCUT2D eigenvalue weighted by Gasteiger charge is -2.36. The van der Waals surface area contributed by atoms with E-state index < -0.39 is 29.5 Å². The van der Waals surface area contributed by atoms with Crippen molar-refractivity contribution in [1.29, 1.82) is 0 Å². The highest BCUT2D eigenvalue weighted by molar-refractivity contribution is 5.94. The minimum absolute atomic E-state index is 0.0273. The number of ether oxygens (including phenoxy) is 2. The van der Waals surface area contributed by atoms with Gasteiger partial charge in [-0.25, -0.2) is 9.59 Å². The number of hydrogen-bond donors (Lipinski definition) is 0. The van der Waals surface area contributed by atoms with Crippen molar-refractivity contribution in [3.05, 3.63) is 46.5 Å². The summed E-state index contributed by atoms with van der Waals surface area (Å²) in [5.41, 5.74) is 0.209. The summed E-state index contributed by atoms with van der Waals surface area (Å²) < 4.78 is 48.7. The van der Waals surface area contributed by atoms with Crippen molar-refractivity contribution in [3.8, 4) is 0 Å². The van der Waals surface area contributed by atoms with E-state index in [0.717, 1.165) is 30.7 Å². The van der Waals surface area contributed by atoms with Gasteiger partial charge < -0.3 is 9.47 Å². The van der Waals surface area contributed by atoms with Crippen molar-refractivity contribution in [2.24, 2.45) is 5.92 Å². The quantitative estimate of drug-likeness (QED) is 0.745. The smallest absolute Gasteiger partial charge is 0.415 e. The summed E-state index contributed by atoms with van der Waals surface area (Å²) in [6.45, 7) is 3.59. The zero-order valence-electron chi connectivity index (χ0n) is 13.8. The van der Waals surface area contributed by atoms with Crippen LogP contribution in [0.25, 0.3) is 0 Å². The molecule has 25 heavy (non-hydrogen) atoms. The zero-order valence-corrected chi connectivity index (χ0v) is 13.8. The summed E-state index contributed by atoms with van der Waals surface area (Å²) in [7, 11) is 0. The molecule has 7 heteroatoms. The van der Waals surface area contributed by atoms with Crippen LogP contribution in [0, 0.1) is 5.92 Å². The Balaban J connectivity index is 1.85. The van der Waals surface area contributed by atoms with Gasteiger partial charge in [-0.1, -0.05) is 6.92 Å². The lowest BCUT2D eigenvalue weighted by molar-refractivity contribution is -0.191. The molecule has 0 N–H and O–H groups in total. The number of fused-ring (bicyclic) bond motifs is 1. The van der Waals surface area contributed by atoms with E-state index in [2.05, 4.69) is 0 Å². The van der Waals surface area contributed by atoms with E-state index in [9.17, 15) is 22.8 Å². The van der Waals surface area contributed by atoms with Gasteiger partial charge in [0.1, 0.15) is 0 Å². The third kappa shape index (κ3) is 3.15. The second-order valence-corrected chi connectivity index (χ2v) is 6.56. The Bertz CT molecular complexity index is 749. The van der Waals surface area contributed by atoms with Gasteiger partial charge in [0.05, 0.1) is 11.1 Å². The normalized spacial score (nSPS) is 26.3. The SMILES string of the molecule is CC1=C2CC[C@@H](C)C[C@@]2(OC(=O)c2ccc(C(F)(F)F)cc2)OC1=O. The maximum absolute atomic E-state index is 12.6. The minimum atomic E-state index is -4.48. The Morgan fingerprint density at radius 3 is 2.52 bits per heavy atom. The highest BCUT2D eigenvalue weighted by atomic mass is 19.4. The van der Waals surface area contributed by atoms with Gasteiger partial charge in [-0.15, -0.1) is 0 Å². The van der Waals surface area contributed by atoms with Gasteiger partial charge in [0.2, 0.25) is 0 Å². The number of rotatable bonds is 2. The van der Waals surface area contributed by atoms with Crippen LogP contribution < -0.4 is 0 Å². The van der Waals surface area contributed by atoms with Gasteiger partial charge in [-0.3, -0.25) is 0 Å². The first-order valence-electron chi connectivity index (χ1n) is 7.96. The molecule has 134 valence electrons. The van der Waals surface area contributed by atoms with Crippen molar-refractivity contribution in [1.82, 2.24) is 0 Å². The van der Waals surface area contributed by atoms with E-state index in [-0.39, 0.29) is 11.5 Å². The van der Waals surface area contributed by atoms with Crippen LogP contribution in [0.1, 0.15) is 49.0 Å². The Morgan fingerprint density at radius 2 is 1.92 bits per heavy atom. The van der Waals surface area contributed by atoms with Crippen LogP contribution in [0.15, 0.2) is 35.4 Å². The number of benzene rings is 1. The summed E-state index contributed by atoms with van der Waals surface area (Å²) in [4.78, 5) is 24.3. The third-order valence-electron chi connectivity index (χ3n) is 4.69. The van der Waals surface area contributed by atoms with Crippen LogP contribution in [0.5, 0.6) is 0 Å². The molecule has 4 nitrogen and oxygen atoms in total. The monoisotopic (exact) mass is 354 g/mol. The summed E-state index contributed by atoms with van der Waals surface area (Å²) in [6.07, 6.45) is -2.70. The second-order valence-electron chi connectivity index (χ2n) is 6.56. The first-order chi connectivity index (χ1) is 11.6. The van der Waals surface area contributed by atoms with Gasteiger partial charge in [-0.05, 0) is 49.9 Å². The van der Waals surface area contributed by atoms with Crippen LogP contribution in [0.4, 0.5) is 13.2 Å². The van der Waals surface area contributed by atoms with Gasteiger partial charge in [-0.2, -0.15) is 13.2 Å². The summed E-state index contributed by atoms with van der Waals surface area (Å²) in [5.74, 6) is -2.59. The van der Waals surface area contributed by atoms with E-state index in [4.69, 9.17) is 9.47 Å². The fraction of sp³-hybridized carbons (Fsp3) is 0.444. The fourth-order valence-corrected chi connectivity index (χ4v) is 3.32. The van der Waals surface area contributed by atoms with E-state index in [1.807, 2.05) is 6.92 Å². The molecule has 0 radical (unpaired) electrons. The molecule has 1 saturated carbocycles. The molecule has 0 bridgehead atoms. The highest BCUT2D eigenvalue weighted by Gasteiger charge is 2.52. The molecule has 2 aliphatic rings. The molecule has 1 heterocycles. The molecular formula is C18H17F3O4. The average molecular weight is 354 g/mol. The van der Waals surface area contributed by atoms with Gasteiger partial charge in [0.15, 0.2) is 0 Å². The van der Waals surface area contributed by atoms with E-state index >= 15 is 0 Å². The maximum atomic E-state index is 12.6. The first kappa shape index (κ1) is 17.5. The van der Waals surface area contributed by atoms with Crippen LogP contribution in [-0.2, 0) is 20.4 Å². The first-order valence-corrected chi connectivity index (χ1v) is 7.96. The molecular weight excluding hydrogens is 337 g/mol. The number of hydrogen-bond acceptors (Lipinski definition) is 4. The van der Waals surface area contributed by atoms with Crippen molar-refractivity contribution >= 4 is 11.9 Å². The Hall–Kier alpha value is -2.31. The van der Waals surface area contributed by atoms with Gasteiger partial charge in [0.25, 0.3) is 5.79 Å². The number of esters is 2. The standard InChI is InChI=1S/C18H17F3O4/c1-10-3-8-14-11(2)15(22)24-17(14,9-10)25-16(23)12-4-6-13(7-5-12)18(19,20)21/h4-7,10H,3,8-9H2,1-2H3/t10-,17+/m1/s1. The zero-order chi connectivity index (χ0) is 18.4. The van der Waals surface area contributed by atoms with Crippen molar-refractivity contribution in [2.45, 2.75) is 45.1 Å². The molecule has 1 aromatic rings. The van der Waals surface area contributed by atoms with Crippen molar-refractivity contribution in [2.75, 3.05) is 0 Å². The third-order valence-corrected chi connectivity index (χ3v) is 4.69. The number of carbonyl (C=O) groups is 2. The molecule has 1 aliphatic heterocycles. The molecule has 2 atom stereocenters. The summed E-state index contributed by atoms with van der Waals surface area (Å²) >= 11 is 0. The van der Waals surface area contributed by atoms with E-state index in [1.54, 1.807) is 6.92 Å². The van der Waals surface area contributed by atoms with Crippen LogP contribution >= 0.6 is 0 Å². The number of halogens is 3. The molecule has 1 aliphatic carbocycles. The molecule has 1 aromatic carbocycles. The summed E-state index contributed by atoms with van der Waals surface area (Å²) in [6, 6.07) is 3.75. The molecule has 0 saturated heterocycles. The predicted octanol–water partition coefficient (Wildman–Crippen LogP) is 4.25. The topological polar surface area (TPSA) is 52.6 Å². The van der Waals surface area contributed by atoms with Gasteiger partial charge in [0, 0.05) is 17.6 Å². The Morgan fingerprint density at radius 1 is 1.28 bits per heavy atom. The Labute approximate surface area is 142 Å². The minimum Gasteiger partial charge on any atom is -0.415 e. The molecule has 0 spiro atoms. The fourth-order valence-electron chi connectivity index (χ4n) is 3.32. The van der Waals surface area contributed by atoms with Crippen molar-refractivity contribution < 1.29 is 32.2 Å². The second kappa shape index (κ2) is 5.89. The number of alkyl halides is 3. The molecule has 0 aromatic heterocycles. The van der Waals surface area contributed by atoms with Gasteiger partial charge >= 0.3 is 18.1 Å². The number of carbonyl (C=O) groups excluding carboxylic acids is 2. The van der Waals surface area contributed by atoms with Crippen LogP contribution in [-0.4, -0.2) is 17.7 Å². The lowest BCUT2D eigenvalue weighted by atomic mass is 9.81. The highest BCUT2D eigenvalue weighted by Crippen LogP contribution is 2.46. The van der Waals surface area contributed by atoms with Crippen molar-refractivity contribution in [3.63, 3.8) is 0 Å². The van der Waals surface area contributed by atoms with E-state index in [1.165, 1.54) is 0 Å². The van der Waals surface area contributed by atoms with E-state index in [0.29, 0.717) is 24.0 Å². The average Bonchev–Trinajstić information content (AvgIpc) is 2.76. The molecule has 0 amide bonds. The summed E-state index contributed by atoms with van der Waals surface area (Å²) in [5, 5.41) is 0. The van der Waals surface area contributed by atoms with Crippen LogP contribution in [0.3, 0.4) is 0 Å². The maximum Gasteiger partial charge on any atom is 0.416 e.